The monoisotopic (exact) mass is 356 g/mol. The topological polar surface area (TPSA) is 80.0 Å². The fourth-order valence-electron chi connectivity index (χ4n) is 2.24. The van der Waals surface area contributed by atoms with Crippen LogP contribution in [-0.2, 0) is 13.1 Å². The minimum absolute atomic E-state index is 0.281. The molecule has 0 fully saturated rings. The Morgan fingerprint density at radius 2 is 1.96 bits per heavy atom. The van der Waals surface area contributed by atoms with Gasteiger partial charge in [-0.2, -0.15) is 0 Å². The number of rotatable bonds is 6. The van der Waals surface area contributed by atoms with Crippen molar-refractivity contribution in [1.29, 1.82) is 0 Å². The van der Waals surface area contributed by atoms with Crippen molar-refractivity contribution in [2.75, 3.05) is 5.32 Å². The molecule has 3 aromatic rings. The van der Waals surface area contributed by atoms with E-state index in [1.165, 1.54) is 0 Å². The van der Waals surface area contributed by atoms with Gasteiger partial charge < -0.3 is 15.1 Å². The highest BCUT2D eigenvalue weighted by atomic mass is 35.5. The minimum atomic E-state index is -0.281. The predicted molar refractivity (Wildman–Crippen MR) is 95.4 cm³/mol. The molecule has 6 nitrogen and oxygen atoms in total. The van der Waals surface area contributed by atoms with E-state index in [2.05, 4.69) is 20.6 Å². The number of carbonyl (C=O) groups is 1. The molecule has 0 saturated heterocycles. The van der Waals surface area contributed by atoms with Crippen LogP contribution in [0.5, 0.6) is 0 Å². The molecule has 0 saturated carbocycles. The smallest absolute Gasteiger partial charge is 0.270 e. The number of hydrogen-bond donors (Lipinski definition) is 2. The molecule has 128 valence electrons. The highest BCUT2D eigenvalue weighted by molar-refractivity contribution is 6.30. The molecular formula is C18H17ClN4O2. The molecule has 0 aliphatic carbocycles. The van der Waals surface area contributed by atoms with Gasteiger partial charge in [0.15, 0.2) is 0 Å². The zero-order valence-electron chi connectivity index (χ0n) is 13.6. The quantitative estimate of drug-likeness (QED) is 0.705. The van der Waals surface area contributed by atoms with Crippen molar-refractivity contribution in [2.24, 2.45) is 0 Å². The number of furan rings is 1. The van der Waals surface area contributed by atoms with Crippen molar-refractivity contribution in [3.63, 3.8) is 0 Å². The molecule has 2 heterocycles. The van der Waals surface area contributed by atoms with Gasteiger partial charge in [-0.15, -0.1) is 0 Å². The Morgan fingerprint density at radius 1 is 1.16 bits per heavy atom. The summed E-state index contributed by atoms with van der Waals surface area (Å²) in [6, 6.07) is 12.7. The Hall–Kier alpha value is -2.86. The maximum atomic E-state index is 12.3. The molecular weight excluding hydrogens is 340 g/mol. The first kappa shape index (κ1) is 17.0. The second kappa shape index (κ2) is 7.81. The third-order valence-electron chi connectivity index (χ3n) is 3.46. The van der Waals surface area contributed by atoms with Crippen molar-refractivity contribution in [3.8, 4) is 0 Å². The number of aromatic nitrogens is 2. The number of carbonyl (C=O) groups excluding carboxylic acids is 1. The molecule has 2 aromatic heterocycles. The fourth-order valence-corrected chi connectivity index (χ4v) is 2.37. The van der Waals surface area contributed by atoms with Gasteiger partial charge >= 0.3 is 0 Å². The van der Waals surface area contributed by atoms with E-state index >= 15 is 0 Å². The van der Waals surface area contributed by atoms with Crippen LogP contribution in [0.2, 0.25) is 5.02 Å². The zero-order chi connectivity index (χ0) is 17.6. The number of halogens is 1. The summed E-state index contributed by atoms with van der Waals surface area (Å²) in [5, 5.41) is 6.66. The molecule has 7 heteroatoms. The van der Waals surface area contributed by atoms with E-state index in [0.29, 0.717) is 41.2 Å². The van der Waals surface area contributed by atoms with E-state index in [-0.39, 0.29) is 5.91 Å². The largest absolute Gasteiger partial charge is 0.467 e. The maximum Gasteiger partial charge on any atom is 0.270 e. The standard InChI is InChI=1S/C18H17ClN4O2/c1-12-22-16(18(24)21-11-15-3-2-8-25-15)9-17(23-12)20-10-13-4-6-14(19)7-5-13/h2-9H,10-11H2,1H3,(H,21,24)(H,20,22,23). The fraction of sp³-hybridized carbons (Fsp3) is 0.167. The molecule has 0 bridgehead atoms. The highest BCUT2D eigenvalue weighted by Gasteiger charge is 2.11. The van der Waals surface area contributed by atoms with Gasteiger partial charge in [0.05, 0.1) is 12.8 Å². The van der Waals surface area contributed by atoms with Crippen LogP contribution in [-0.4, -0.2) is 15.9 Å². The average molecular weight is 357 g/mol. The van der Waals surface area contributed by atoms with Crippen LogP contribution in [0.15, 0.2) is 53.1 Å². The summed E-state index contributed by atoms with van der Waals surface area (Å²) >= 11 is 5.88. The van der Waals surface area contributed by atoms with Gasteiger partial charge in [0.25, 0.3) is 5.91 Å². The number of aryl methyl sites for hydroxylation is 1. The van der Waals surface area contributed by atoms with E-state index < -0.39 is 0 Å². The Kier molecular flexibility index (Phi) is 5.30. The van der Waals surface area contributed by atoms with Crippen molar-refractivity contribution in [3.05, 3.63) is 76.6 Å². The van der Waals surface area contributed by atoms with Gasteiger partial charge in [0.1, 0.15) is 23.1 Å². The molecule has 25 heavy (non-hydrogen) atoms. The zero-order valence-corrected chi connectivity index (χ0v) is 14.4. The van der Waals surface area contributed by atoms with Crippen molar-refractivity contribution < 1.29 is 9.21 Å². The second-order valence-electron chi connectivity index (χ2n) is 5.43. The predicted octanol–water partition coefficient (Wildman–Crippen LogP) is 3.57. The number of hydrogen-bond acceptors (Lipinski definition) is 5. The number of benzene rings is 1. The third kappa shape index (κ3) is 4.81. The number of amides is 1. The van der Waals surface area contributed by atoms with Crippen molar-refractivity contribution >= 4 is 23.3 Å². The molecule has 0 aliphatic rings. The first-order valence-electron chi connectivity index (χ1n) is 7.75. The van der Waals surface area contributed by atoms with Gasteiger partial charge in [-0.3, -0.25) is 4.79 Å². The second-order valence-corrected chi connectivity index (χ2v) is 5.86. The Labute approximate surface area is 150 Å². The van der Waals surface area contributed by atoms with Crippen molar-refractivity contribution in [1.82, 2.24) is 15.3 Å². The lowest BCUT2D eigenvalue weighted by Crippen LogP contribution is -2.24. The van der Waals surface area contributed by atoms with Gasteiger partial charge in [0, 0.05) is 17.6 Å². The first-order valence-corrected chi connectivity index (χ1v) is 8.12. The summed E-state index contributed by atoms with van der Waals surface area (Å²) in [4.78, 5) is 20.8. The van der Waals surface area contributed by atoms with Gasteiger partial charge in [-0.05, 0) is 36.8 Å². The molecule has 0 aliphatic heterocycles. The van der Waals surface area contributed by atoms with E-state index in [1.807, 2.05) is 24.3 Å². The Balaban J connectivity index is 1.64. The Bertz CT molecular complexity index is 848. The van der Waals surface area contributed by atoms with Crippen molar-refractivity contribution in [2.45, 2.75) is 20.0 Å². The number of nitrogens with zero attached hydrogens (tertiary/aromatic N) is 2. The normalized spacial score (nSPS) is 10.5. The maximum absolute atomic E-state index is 12.3. The number of nitrogens with one attached hydrogen (secondary N) is 2. The van der Waals surface area contributed by atoms with Gasteiger partial charge in [-0.1, -0.05) is 23.7 Å². The molecule has 2 N–H and O–H groups in total. The lowest BCUT2D eigenvalue weighted by Gasteiger charge is -2.09. The summed E-state index contributed by atoms with van der Waals surface area (Å²) in [5.41, 5.74) is 1.36. The van der Waals surface area contributed by atoms with E-state index in [0.717, 1.165) is 5.56 Å². The summed E-state index contributed by atoms with van der Waals surface area (Å²) in [7, 11) is 0. The van der Waals surface area contributed by atoms with Crippen LogP contribution in [0, 0.1) is 6.92 Å². The molecule has 1 aromatic carbocycles. The lowest BCUT2D eigenvalue weighted by atomic mass is 10.2. The third-order valence-corrected chi connectivity index (χ3v) is 3.71. The summed E-state index contributed by atoms with van der Waals surface area (Å²) in [5.74, 6) is 1.51. The summed E-state index contributed by atoms with van der Waals surface area (Å²) in [6.07, 6.45) is 1.56. The molecule has 0 spiro atoms. The van der Waals surface area contributed by atoms with Crippen LogP contribution in [0.3, 0.4) is 0 Å². The highest BCUT2D eigenvalue weighted by Crippen LogP contribution is 2.12. The van der Waals surface area contributed by atoms with Gasteiger partial charge in [0.2, 0.25) is 0 Å². The number of anilines is 1. The van der Waals surface area contributed by atoms with Gasteiger partial charge in [-0.25, -0.2) is 9.97 Å². The minimum Gasteiger partial charge on any atom is -0.467 e. The van der Waals surface area contributed by atoms with Crippen LogP contribution < -0.4 is 10.6 Å². The van der Waals surface area contributed by atoms with Crippen LogP contribution >= 0.6 is 11.6 Å². The molecule has 0 radical (unpaired) electrons. The summed E-state index contributed by atoms with van der Waals surface area (Å²) < 4.78 is 5.19. The molecule has 3 rings (SSSR count). The summed E-state index contributed by atoms with van der Waals surface area (Å²) in [6.45, 7) is 2.63. The molecule has 1 amide bonds. The molecule has 0 atom stereocenters. The van der Waals surface area contributed by atoms with E-state index in [9.17, 15) is 4.79 Å². The lowest BCUT2D eigenvalue weighted by molar-refractivity contribution is 0.0942. The van der Waals surface area contributed by atoms with Crippen LogP contribution in [0.4, 0.5) is 5.82 Å². The van der Waals surface area contributed by atoms with Crippen LogP contribution in [0.1, 0.15) is 27.6 Å². The molecule has 0 unspecified atom stereocenters. The Morgan fingerprint density at radius 3 is 2.68 bits per heavy atom. The van der Waals surface area contributed by atoms with Crippen LogP contribution in [0.25, 0.3) is 0 Å². The van der Waals surface area contributed by atoms with E-state index in [4.69, 9.17) is 16.0 Å². The first-order chi connectivity index (χ1) is 12.1. The van der Waals surface area contributed by atoms with E-state index in [1.54, 1.807) is 31.4 Å². The SMILES string of the molecule is Cc1nc(NCc2ccc(Cl)cc2)cc(C(=O)NCc2ccco2)n1. The average Bonchev–Trinajstić information content (AvgIpc) is 3.12.